The summed E-state index contributed by atoms with van der Waals surface area (Å²) in [6, 6.07) is 6.17. The molecule has 0 spiro atoms. The van der Waals surface area contributed by atoms with Gasteiger partial charge in [0.25, 0.3) is 0 Å². The Bertz CT molecular complexity index is 964. The zero-order valence-electron chi connectivity index (χ0n) is 15.4. The van der Waals surface area contributed by atoms with Gasteiger partial charge in [0.2, 0.25) is 0 Å². The molecule has 3 aromatic rings. The normalized spacial score (nSPS) is 15.8. The zero-order valence-corrected chi connectivity index (χ0v) is 16.2. The highest BCUT2D eigenvalue weighted by atomic mass is 32.2. The van der Waals surface area contributed by atoms with Crippen molar-refractivity contribution in [2.45, 2.75) is 63.7 Å². The molecule has 0 amide bonds. The van der Waals surface area contributed by atoms with Gasteiger partial charge in [0.15, 0.2) is 10.8 Å². The van der Waals surface area contributed by atoms with E-state index in [-0.39, 0.29) is 5.69 Å². The summed E-state index contributed by atoms with van der Waals surface area (Å²) in [4.78, 5) is 17.2. The van der Waals surface area contributed by atoms with E-state index in [0.29, 0.717) is 18.2 Å². The molecule has 0 N–H and O–H groups in total. The van der Waals surface area contributed by atoms with Crippen LogP contribution in [-0.2, 0) is 6.54 Å². The van der Waals surface area contributed by atoms with Crippen molar-refractivity contribution in [1.82, 2.24) is 23.7 Å². The van der Waals surface area contributed by atoms with Gasteiger partial charge in [-0.1, -0.05) is 37.1 Å². The third-order valence-electron chi connectivity index (χ3n) is 5.32. The molecule has 0 atom stereocenters. The highest BCUT2D eigenvalue weighted by Gasteiger charge is 2.22. The highest BCUT2D eigenvalue weighted by Crippen LogP contribution is 2.34. The second kappa shape index (κ2) is 7.31. The molecule has 1 aliphatic rings. The van der Waals surface area contributed by atoms with Crippen molar-refractivity contribution in [2.75, 3.05) is 5.75 Å². The van der Waals surface area contributed by atoms with E-state index in [1.54, 1.807) is 27.0 Å². The first kappa shape index (κ1) is 17.4. The number of aryl methyl sites for hydroxylation is 2. The second-order valence-corrected chi connectivity index (χ2v) is 8.07. The van der Waals surface area contributed by atoms with Crippen molar-refractivity contribution in [3.8, 4) is 0 Å². The lowest BCUT2D eigenvalue weighted by atomic mass is 9.95. The van der Waals surface area contributed by atoms with Crippen molar-refractivity contribution in [1.29, 1.82) is 0 Å². The van der Waals surface area contributed by atoms with Crippen LogP contribution in [0.2, 0.25) is 0 Å². The van der Waals surface area contributed by atoms with Gasteiger partial charge in [0.05, 0.1) is 12.2 Å². The number of rotatable bonds is 5. The zero-order chi connectivity index (χ0) is 18.1. The molecule has 0 aromatic carbocycles. The van der Waals surface area contributed by atoms with E-state index in [1.807, 2.05) is 18.2 Å². The molecule has 1 saturated carbocycles. The minimum absolute atomic E-state index is 0.0795. The van der Waals surface area contributed by atoms with E-state index < -0.39 is 0 Å². The van der Waals surface area contributed by atoms with E-state index >= 15 is 0 Å². The number of hydrogen-bond donors (Lipinski definition) is 0. The van der Waals surface area contributed by atoms with Crippen LogP contribution in [0.3, 0.4) is 0 Å². The SMILES string of the molecule is Cc1nc(SCCn2nc3ccccn3c2=O)n(C2CCCCC2)c1C. The molecule has 0 unspecified atom stereocenters. The summed E-state index contributed by atoms with van der Waals surface area (Å²) in [6.07, 6.45) is 8.22. The topological polar surface area (TPSA) is 57.1 Å². The van der Waals surface area contributed by atoms with Gasteiger partial charge in [-0.15, -0.1) is 5.10 Å². The molecule has 1 fully saturated rings. The molecule has 4 rings (SSSR count). The summed E-state index contributed by atoms with van der Waals surface area (Å²) in [6.45, 7) is 4.85. The van der Waals surface area contributed by atoms with Crippen LogP contribution < -0.4 is 5.69 Å². The molecule has 138 valence electrons. The molecule has 0 bridgehead atoms. The summed E-state index contributed by atoms with van der Waals surface area (Å²) in [5.41, 5.74) is 3.01. The second-order valence-electron chi connectivity index (χ2n) is 7.01. The van der Waals surface area contributed by atoms with E-state index in [1.165, 1.54) is 37.8 Å². The van der Waals surface area contributed by atoms with Crippen LogP contribution in [0.15, 0.2) is 34.3 Å². The van der Waals surface area contributed by atoms with E-state index in [9.17, 15) is 4.79 Å². The summed E-state index contributed by atoms with van der Waals surface area (Å²) in [5, 5.41) is 5.49. The van der Waals surface area contributed by atoms with E-state index in [4.69, 9.17) is 4.98 Å². The van der Waals surface area contributed by atoms with Crippen LogP contribution in [0.1, 0.15) is 49.5 Å². The average Bonchev–Trinajstić information content (AvgIpc) is 3.13. The average molecular weight is 372 g/mol. The van der Waals surface area contributed by atoms with Gasteiger partial charge in [0.1, 0.15) is 0 Å². The summed E-state index contributed by atoms with van der Waals surface area (Å²) in [5.74, 6) is 0.784. The minimum atomic E-state index is -0.0795. The van der Waals surface area contributed by atoms with E-state index in [0.717, 1.165) is 16.6 Å². The molecule has 3 heterocycles. The number of aromatic nitrogens is 5. The Morgan fingerprint density at radius 2 is 2.00 bits per heavy atom. The predicted octanol–water partition coefficient (Wildman–Crippen LogP) is 3.61. The fraction of sp³-hybridized carbons (Fsp3) is 0.526. The van der Waals surface area contributed by atoms with Crippen LogP contribution in [0.5, 0.6) is 0 Å². The molecular weight excluding hydrogens is 346 g/mol. The fourth-order valence-corrected chi connectivity index (χ4v) is 4.88. The number of imidazole rings is 1. The lowest BCUT2D eigenvalue weighted by Crippen LogP contribution is -2.22. The Balaban J connectivity index is 1.50. The fourth-order valence-electron chi connectivity index (χ4n) is 3.80. The number of nitrogens with zero attached hydrogens (tertiary/aromatic N) is 5. The van der Waals surface area contributed by atoms with Gasteiger partial charge >= 0.3 is 5.69 Å². The summed E-state index contributed by atoms with van der Waals surface area (Å²) < 4.78 is 5.57. The smallest absolute Gasteiger partial charge is 0.320 e. The molecule has 26 heavy (non-hydrogen) atoms. The van der Waals surface area contributed by atoms with Gasteiger partial charge in [0, 0.05) is 23.7 Å². The van der Waals surface area contributed by atoms with Crippen molar-refractivity contribution < 1.29 is 0 Å². The Hall–Kier alpha value is -2.02. The molecule has 6 nitrogen and oxygen atoms in total. The largest absolute Gasteiger partial charge is 0.350 e. The monoisotopic (exact) mass is 371 g/mol. The van der Waals surface area contributed by atoms with Crippen LogP contribution in [0, 0.1) is 13.8 Å². The standard InChI is InChI=1S/C19H25N5OS/c1-14-15(2)24(16-8-4-3-5-9-16)18(20-14)26-13-12-23-19(25)22-11-7-6-10-17(22)21-23/h6-7,10-11,16H,3-5,8-9,12-13H2,1-2H3. The molecule has 1 aliphatic carbocycles. The molecule has 7 heteroatoms. The first-order valence-corrected chi connectivity index (χ1v) is 10.4. The Labute approximate surface area is 157 Å². The minimum Gasteiger partial charge on any atom is -0.320 e. The van der Waals surface area contributed by atoms with Crippen LogP contribution in [0.25, 0.3) is 5.65 Å². The Kier molecular flexibility index (Phi) is 4.89. The van der Waals surface area contributed by atoms with Crippen LogP contribution >= 0.6 is 11.8 Å². The molecule has 0 aliphatic heterocycles. The first-order valence-electron chi connectivity index (χ1n) is 9.37. The molecular formula is C19H25N5OS. The Morgan fingerprint density at radius 3 is 2.77 bits per heavy atom. The maximum absolute atomic E-state index is 12.4. The third-order valence-corrected chi connectivity index (χ3v) is 6.25. The number of pyridine rings is 1. The number of fused-ring (bicyclic) bond motifs is 1. The van der Waals surface area contributed by atoms with Crippen molar-refractivity contribution in [2.24, 2.45) is 0 Å². The van der Waals surface area contributed by atoms with E-state index in [2.05, 4.69) is 23.5 Å². The van der Waals surface area contributed by atoms with Gasteiger partial charge in [-0.05, 0) is 38.8 Å². The molecule has 0 radical (unpaired) electrons. The van der Waals surface area contributed by atoms with Crippen LogP contribution in [0.4, 0.5) is 0 Å². The van der Waals surface area contributed by atoms with Crippen LogP contribution in [-0.4, -0.2) is 29.5 Å². The number of hydrogen-bond acceptors (Lipinski definition) is 4. The van der Waals surface area contributed by atoms with Crippen molar-refractivity contribution >= 4 is 17.4 Å². The molecule has 0 saturated heterocycles. The maximum Gasteiger partial charge on any atom is 0.350 e. The first-order chi connectivity index (χ1) is 12.6. The quantitative estimate of drug-likeness (QED) is 0.643. The van der Waals surface area contributed by atoms with Gasteiger partial charge in [-0.3, -0.25) is 4.40 Å². The van der Waals surface area contributed by atoms with Gasteiger partial charge < -0.3 is 4.57 Å². The number of thioether (sulfide) groups is 1. The maximum atomic E-state index is 12.4. The van der Waals surface area contributed by atoms with Gasteiger partial charge in [-0.2, -0.15) is 0 Å². The van der Waals surface area contributed by atoms with Crippen molar-refractivity contribution in [3.05, 3.63) is 46.3 Å². The summed E-state index contributed by atoms with van der Waals surface area (Å²) in [7, 11) is 0. The van der Waals surface area contributed by atoms with Crippen molar-refractivity contribution in [3.63, 3.8) is 0 Å². The van der Waals surface area contributed by atoms with Gasteiger partial charge in [-0.25, -0.2) is 14.5 Å². The lowest BCUT2D eigenvalue weighted by Gasteiger charge is -2.26. The highest BCUT2D eigenvalue weighted by molar-refractivity contribution is 7.99. The lowest BCUT2D eigenvalue weighted by molar-refractivity contribution is 0.332. The summed E-state index contributed by atoms with van der Waals surface area (Å²) >= 11 is 1.73. The molecule has 3 aromatic heterocycles. The third kappa shape index (κ3) is 3.20. The predicted molar refractivity (Wildman–Crippen MR) is 104 cm³/mol. The Morgan fingerprint density at radius 1 is 1.19 bits per heavy atom.